The molecule has 0 heterocycles. The summed E-state index contributed by atoms with van der Waals surface area (Å²) in [6, 6.07) is 5.14. The van der Waals surface area contributed by atoms with Crippen molar-refractivity contribution in [1.82, 2.24) is 0 Å². The highest BCUT2D eigenvalue weighted by atomic mass is 79.9. The molecular weight excluding hydrogens is 245 g/mol. The van der Waals surface area contributed by atoms with Gasteiger partial charge in [-0.2, -0.15) is 0 Å². The Kier molecular flexibility index (Phi) is 3.93. The van der Waals surface area contributed by atoms with E-state index in [4.69, 9.17) is 0 Å². The van der Waals surface area contributed by atoms with Gasteiger partial charge in [0.1, 0.15) is 5.82 Å². The fourth-order valence-corrected chi connectivity index (χ4v) is 1.77. The van der Waals surface area contributed by atoms with Gasteiger partial charge in [-0.15, -0.1) is 0 Å². The molecule has 1 nitrogen and oxygen atoms in total. The van der Waals surface area contributed by atoms with Crippen molar-refractivity contribution >= 4 is 21.6 Å². The fraction of sp³-hybridized carbons (Fsp3) is 0.455. The van der Waals surface area contributed by atoms with E-state index < -0.39 is 0 Å². The first kappa shape index (κ1) is 11.5. The van der Waals surface area contributed by atoms with E-state index >= 15 is 0 Å². The SMILES string of the molecule is CC(C)CN(C)c1ccc(Br)cc1F. The lowest BCUT2D eigenvalue weighted by Crippen LogP contribution is -2.23. The van der Waals surface area contributed by atoms with Gasteiger partial charge in [-0.25, -0.2) is 4.39 Å². The van der Waals surface area contributed by atoms with Crippen LogP contribution in [0.1, 0.15) is 13.8 Å². The number of nitrogens with zero attached hydrogens (tertiary/aromatic N) is 1. The van der Waals surface area contributed by atoms with Crippen molar-refractivity contribution in [2.75, 3.05) is 18.5 Å². The molecule has 1 aromatic rings. The second-order valence-electron chi connectivity index (χ2n) is 3.87. The Hall–Kier alpha value is -0.570. The summed E-state index contributed by atoms with van der Waals surface area (Å²) in [5.74, 6) is 0.352. The third kappa shape index (κ3) is 2.98. The summed E-state index contributed by atoms with van der Waals surface area (Å²) in [6.45, 7) is 5.10. The molecule has 0 unspecified atom stereocenters. The van der Waals surface area contributed by atoms with E-state index in [0.29, 0.717) is 11.6 Å². The monoisotopic (exact) mass is 259 g/mol. The normalized spacial score (nSPS) is 10.7. The van der Waals surface area contributed by atoms with Crippen molar-refractivity contribution in [3.05, 3.63) is 28.5 Å². The molecule has 0 bridgehead atoms. The molecule has 0 aromatic heterocycles. The van der Waals surface area contributed by atoms with Crippen molar-refractivity contribution in [3.63, 3.8) is 0 Å². The molecule has 0 N–H and O–H groups in total. The zero-order valence-electron chi connectivity index (χ0n) is 8.72. The lowest BCUT2D eigenvalue weighted by atomic mass is 10.2. The minimum Gasteiger partial charge on any atom is -0.372 e. The Balaban J connectivity index is 2.84. The maximum absolute atomic E-state index is 13.5. The molecule has 0 atom stereocenters. The first-order valence-electron chi connectivity index (χ1n) is 4.67. The first-order valence-corrected chi connectivity index (χ1v) is 5.46. The van der Waals surface area contributed by atoms with Gasteiger partial charge in [-0.05, 0) is 24.1 Å². The molecule has 0 aliphatic heterocycles. The van der Waals surface area contributed by atoms with Gasteiger partial charge in [-0.1, -0.05) is 29.8 Å². The molecule has 14 heavy (non-hydrogen) atoms. The number of rotatable bonds is 3. The Morgan fingerprint density at radius 1 is 1.43 bits per heavy atom. The van der Waals surface area contributed by atoms with Crippen LogP contribution in [0.25, 0.3) is 0 Å². The average Bonchev–Trinajstić information content (AvgIpc) is 2.01. The Labute approximate surface area is 93.0 Å². The van der Waals surface area contributed by atoms with E-state index in [0.717, 1.165) is 11.0 Å². The summed E-state index contributed by atoms with van der Waals surface area (Å²) in [5.41, 5.74) is 0.655. The maximum atomic E-state index is 13.5. The van der Waals surface area contributed by atoms with Gasteiger partial charge in [-0.3, -0.25) is 0 Å². The fourth-order valence-electron chi connectivity index (χ4n) is 1.44. The van der Waals surface area contributed by atoms with Crippen LogP contribution in [0.4, 0.5) is 10.1 Å². The summed E-state index contributed by atoms with van der Waals surface area (Å²) >= 11 is 3.24. The van der Waals surface area contributed by atoms with Crippen LogP contribution < -0.4 is 4.90 Å². The summed E-state index contributed by atoms with van der Waals surface area (Å²) in [4.78, 5) is 1.94. The van der Waals surface area contributed by atoms with Crippen LogP contribution in [0.2, 0.25) is 0 Å². The first-order chi connectivity index (χ1) is 6.50. The topological polar surface area (TPSA) is 3.24 Å². The van der Waals surface area contributed by atoms with E-state index in [-0.39, 0.29) is 5.82 Å². The molecule has 0 fully saturated rings. The average molecular weight is 260 g/mol. The van der Waals surface area contributed by atoms with Crippen LogP contribution in [0.15, 0.2) is 22.7 Å². The number of hydrogen-bond donors (Lipinski definition) is 0. The van der Waals surface area contributed by atoms with Crippen molar-refractivity contribution in [2.45, 2.75) is 13.8 Å². The Morgan fingerprint density at radius 3 is 2.57 bits per heavy atom. The molecule has 78 valence electrons. The summed E-state index contributed by atoms with van der Waals surface area (Å²) in [5, 5.41) is 0. The highest BCUT2D eigenvalue weighted by Crippen LogP contribution is 2.22. The molecule has 0 radical (unpaired) electrons. The molecule has 0 spiro atoms. The maximum Gasteiger partial charge on any atom is 0.147 e. The predicted octanol–water partition coefficient (Wildman–Crippen LogP) is 3.68. The molecule has 0 amide bonds. The molecule has 0 saturated carbocycles. The van der Waals surface area contributed by atoms with Crippen LogP contribution >= 0.6 is 15.9 Å². The van der Waals surface area contributed by atoms with Gasteiger partial charge in [0.15, 0.2) is 0 Å². The minimum atomic E-state index is -0.178. The third-order valence-electron chi connectivity index (χ3n) is 1.96. The van der Waals surface area contributed by atoms with Gasteiger partial charge >= 0.3 is 0 Å². The molecular formula is C11H15BrFN. The van der Waals surface area contributed by atoms with Crippen molar-refractivity contribution in [1.29, 1.82) is 0 Å². The second kappa shape index (κ2) is 4.78. The lowest BCUT2D eigenvalue weighted by Gasteiger charge is -2.21. The Bertz CT molecular complexity index is 312. The van der Waals surface area contributed by atoms with Gasteiger partial charge in [0.25, 0.3) is 0 Å². The van der Waals surface area contributed by atoms with Gasteiger partial charge in [0.05, 0.1) is 5.69 Å². The largest absolute Gasteiger partial charge is 0.372 e. The van der Waals surface area contributed by atoms with E-state index in [1.807, 2.05) is 18.0 Å². The van der Waals surface area contributed by atoms with Crippen LogP contribution in [-0.2, 0) is 0 Å². The van der Waals surface area contributed by atoms with Crippen LogP contribution in [0, 0.1) is 11.7 Å². The molecule has 0 saturated heterocycles. The van der Waals surface area contributed by atoms with E-state index in [9.17, 15) is 4.39 Å². The van der Waals surface area contributed by atoms with Gasteiger partial charge in [0, 0.05) is 18.1 Å². The molecule has 1 aromatic carbocycles. The summed E-state index contributed by atoms with van der Waals surface area (Å²) < 4.78 is 14.3. The minimum absolute atomic E-state index is 0.178. The smallest absolute Gasteiger partial charge is 0.147 e. The van der Waals surface area contributed by atoms with Crippen LogP contribution in [0.3, 0.4) is 0 Å². The number of anilines is 1. The second-order valence-corrected chi connectivity index (χ2v) is 4.79. The van der Waals surface area contributed by atoms with Crippen molar-refractivity contribution in [3.8, 4) is 0 Å². The van der Waals surface area contributed by atoms with Crippen molar-refractivity contribution in [2.24, 2.45) is 5.92 Å². The highest BCUT2D eigenvalue weighted by Gasteiger charge is 2.08. The summed E-state index contributed by atoms with van der Waals surface area (Å²) in [7, 11) is 1.91. The molecule has 1 rings (SSSR count). The standard InChI is InChI=1S/C11H15BrFN/c1-8(2)7-14(3)11-5-4-9(12)6-10(11)13/h4-6,8H,7H2,1-3H3. The van der Waals surface area contributed by atoms with Crippen molar-refractivity contribution < 1.29 is 4.39 Å². The van der Waals surface area contributed by atoms with Crippen LogP contribution in [-0.4, -0.2) is 13.6 Å². The highest BCUT2D eigenvalue weighted by molar-refractivity contribution is 9.10. The zero-order valence-corrected chi connectivity index (χ0v) is 10.3. The number of benzene rings is 1. The molecule has 3 heteroatoms. The molecule has 0 aliphatic carbocycles. The quantitative estimate of drug-likeness (QED) is 0.801. The summed E-state index contributed by atoms with van der Waals surface area (Å²) in [6.07, 6.45) is 0. The van der Waals surface area contributed by atoms with E-state index in [1.165, 1.54) is 6.07 Å². The predicted molar refractivity (Wildman–Crippen MR) is 62.2 cm³/mol. The van der Waals surface area contributed by atoms with E-state index in [2.05, 4.69) is 29.8 Å². The molecule has 0 aliphatic rings. The lowest BCUT2D eigenvalue weighted by molar-refractivity contribution is 0.599. The number of halogens is 2. The van der Waals surface area contributed by atoms with Gasteiger partial charge < -0.3 is 4.90 Å². The Morgan fingerprint density at radius 2 is 2.07 bits per heavy atom. The number of hydrogen-bond acceptors (Lipinski definition) is 1. The zero-order chi connectivity index (χ0) is 10.7. The van der Waals surface area contributed by atoms with Crippen LogP contribution in [0.5, 0.6) is 0 Å². The van der Waals surface area contributed by atoms with E-state index in [1.54, 1.807) is 6.07 Å². The van der Waals surface area contributed by atoms with Gasteiger partial charge in [0.2, 0.25) is 0 Å². The third-order valence-corrected chi connectivity index (χ3v) is 2.45.